The molecule has 0 unspecified atom stereocenters. The van der Waals surface area contributed by atoms with Gasteiger partial charge in [0.15, 0.2) is 0 Å². The third-order valence-electron chi connectivity index (χ3n) is 12.6. The summed E-state index contributed by atoms with van der Waals surface area (Å²) in [7, 11) is 0. The number of pyridine rings is 2. The zero-order valence-electron chi connectivity index (χ0n) is 52.8. The van der Waals surface area contributed by atoms with Crippen LogP contribution in [0.25, 0.3) is 43.9 Å². The first-order valence-electron chi connectivity index (χ1n) is 28.8. The van der Waals surface area contributed by atoms with Crippen LogP contribution in [0.2, 0.25) is 0 Å². The number of carboxylic acid groups (broad SMARTS) is 1. The molecule has 0 fully saturated rings. The van der Waals surface area contributed by atoms with Gasteiger partial charge in [0.2, 0.25) is 5.91 Å². The maximum absolute atomic E-state index is 13.3. The first-order chi connectivity index (χ1) is 40.6. The van der Waals surface area contributed by atoms with Crippen molar-refractivity contribution in [2.75, 3.05) is 37.2 Å². The van der Waals surface area contributed by atoms with Crippen molar-refractivity contribution in [2.45, 2.75) is 184 Å². The molecule has 25 heteroatoms. The number of fused-ring (bicyclic) bond motifs is 2. The summed E-state index contributed by atoms with van der Waals surface area (Å²) in [6, 6.07) is 11.3. The van der Waals surface area contributed by atoms with Crippen molar-refractivity contribution in [1.82, 2.24) is 39.5 Å². The van der Waals surface area contributed by atoms with Crippen molar-refractivity contribution >= 4 is 91.6 Å². The molecule has 0 saturated heterocycles. The molecule has 0 spiro atoms. The lowest BCUT2D eigenvalue weighted by atomic mass is 10.0. The number of carboxylic acids is 1. The minimum atomic E-state index is -0.922. The average molecular weight is 1270 g/mol. The van der Waals surface area contributed by atoms with Gasteiger partial charge in [0.25, 0.3) is 0 Å². The molecule has 4 N–H and O–H groups in total. The van der Waals surface area contributed by atoms with Crippen LogP contribution in [0.3, 0.4) is 0 Å². The van der Waals surface area contributed by atoms with Gasteiger partial charge in [-0.2, -0.15) is 0 Å². The molecule has 2 aliphatic heterocycles. The van der Waals surface area contributed by atoms with Crippen LogP contribution in [0, 0.1) is 0 Å². The van der Waals surface area contributed by atoms with E-state index in [9.17, 15) is 28.8 Å². The summed E-state index contributed by atoms with van der Waals surface area (Å²) in [6.45, 7) is 31.8. The molecule has 87 heavy (non-hydrogen) atoms. The summed E-state index contributed by atoms with van der Waals surface area (Å²) in [6.07, 6.45) is 3.32. The minimum absolute atomic E-state index is 0.0720. The van der Waals surface area contributed by atoms with Crippen LogP contribution in [-0.2, 0) is 54.5 Å². The fourth-order valence-electron chi connectivity index (χ4n) is 8.77. The van der Waals surface area contributed by atoms with Gasteiger partial charge >= 0.3 is 30.3 Å². The number of nitrogen functional groups attached to an aromatic ring is 1. The summed E-state index contributed by atoms with van der Waals surface area (Å²) >= 11 is 6.05. The maximum atomic E-state index is 13.3. The number of rotatable bonds is 13. The van der Waals surface area contributed by atoms with Crippen LogP contribution < -0.4 is 11.1 Å². The monoisotopic (exact) mass is 1270 g/mol. The SMILES string of the molecule is CC(C)(C)OC(=O)N1CCc2c(sc(N)c2-c2nc(-c3ccccn3)cs2)C1.CC(C)N(CCC(=O)Nc1sc2c(c1-c1nc(-c3ccccn3)cs1)CCN(C(=O)OC(C)(C)C)C2)C(=O)OC(C)(C)C.CC(C)N(CCC(=O)O)C(=O)OC(C)(C)C. The number of anilines is 2. The quantitative estimate of drug-likeness (QED) is 0.0908. The zero-order valence-corrected chi connectivity index (χ0v) is 56.1. The van der Waals surface area contributed by atoms with Crippen molar-refractivity contribution in [1.29, 1.82) is 0 Å². The van der Waals surface area contributed by atoms with Crippen molar-refractivity contribution in [3.63, 3.8) is 0 Å². The summed E-state index contributed by atoms with van der Waals surface area (Å²) in [4.78, 5) is 100. The molecule has 8 heterocycles. The molecule has 0 atom stereocenters. The predicted molar refractivity (Wildman–Crippen MR) is 344 cm³/mol. The number of thiophene rings is 2. The van der Waals surface area contributed by atoms with Crippen molar-refractivity contribution in [3.05, 3.63) is 80.4 Å². The fourth-order valence-corrected chi connectivity index (χ4v) is 13.1. The molecular formula is C62H84N10O11S4. The number of nitrogens with zero attached hydrogens (tertiary/aromatic N) is 8. The Kier molecular flexibility index (Phi) is 23.1. The Bertz CT molecular complexity index is 3330. The van der Waals surface area contributed by atoms with Crippen molar-refractivity contribution < 1.29 is 52.8 Å². The van der Waals surface area contributed by atoms with Gasteiger partial charge in [0, 0.05) is 88.7 Å². The van der Waals surface area contributed by atoms with Gasteiger partial charge in [-0.3, -0.25) is 19.6 Å². The van der Waals surface area contributed by atoms with Crippen LogP contribution in [0.1, 0.15) is 145 Å². The zero-order chi connectivity index (χ0) is 64.3. The highest BCUT2D eigenvalue weighted by atomic mass is 32.1. The largest absolute Gasteiger partial charge is 0.481 e. The molecule has 5 amide bonds. The lowest BCUT2D eigenvalue weighted by Crippen LogP contribution is -2.42. The second kappa shape index (κ2) is 29.2. The number of carbonyl (C=O) groups is 6. The standard InChI is InChI=1S/C31H41N5O5S2.C20H22N4O2S2.C11H21NO4/c1-19(2)36(29(39)41-31(6,7)8)16-13-24(37)34-27-25(26-33-22(18-42-26)21-11-9-10-14-32-21)20-12-15-35(17-23(20)43-27)28(38)40-30(3,4)5;1-20(2,3)26-19(25)24-9-7-12-15(10-24)28-17(21)16(12)18-23-14(11-27-18)13-6-4-5-8-22-13;1-8(2)12(7-6-9(13)14)10(15)16-11(3,4)5/h9-11,14,18-19H,12-13,15-17H2,1-8H3,(H,34,37);4-6,8,11H,7,9-10,21H2,1-3H3;8H,6-7H2,1-5H3,(H,13,14). The van der Waals surface area contributed by atoms with Gasteiger partial charge in [-0.1, -0.05) is 12.1 Å². The number of ether oxygens (including phenoxy) is 4. The summed E-state index contributed by atoms with van der Waals surface area (Å²) in [5.41, 5.74) is 11.5. The Balaban J connectivity index is 0.000000234. The van der Waals surface area contributed by atoms with E-state index in [1.807, 2.05) is 137 Å². The van der Waals surface area contributed by atoms with Crippen LogP contribution >= 0.6 is 45.3 Å². The lowest BCUT2D eigenvalue weighted by Gasteiger charge is -2.30. The maximum Gasteiger partial charge on any atom is 0.410 e. The molecule has 0 bridgehead atoms. The molecule has 0 aromatic carbocycles. The van der Waals surface area contributed by atoms with E-state index in [0.29, 0.717) is 37.6 Å². The summed E-state index contributed by atoms with van der Waals surface area (Å²) < 4.78 is 21.9. The first kappa shape index (κ1) is 68.9. The topological polar surface area (TPSA) is 262 Å². The van der Waals surface area contributed by atoms with Crippen molar-refractivity contribution in [2.24, 2.45) is 0 Å². The van der Waals surface area contributed by atoms with E-state index in [-0.39, 0.29) is 56.1 Å². The Hall–Kier alpha value is -7.22. The van der Waals surface area contributed by atoms with E-state index in [4.69, 9.17) is 39.8 Å². The molecule has 6 aromatic rings. The van der Waals surface area contributed by atoms with Crippen LogP contribution in [0.5, 0.6) is 0 Å². The number of amides is 5. The second-order valence-electron chi connectivity index (χ2n) is 25.2. The number of carbonyl (C=O) groups excluding carboxylic acids is 5. The molecule has 6 aromatic heterocycles. The number of hydrogen-bond donors (Lipinski definition) is 3. The molecular weight excluding hydrogens is 1190 g/mol. The Morgan fingerprint density at radius 3 is 1.41 bits per heavy atom. The van der Waals surface area contributed by atoms with E-state index < -0.39 is 40.6 Å². The summed E-state index contributed by atoms with van der Waals surface area (Å²) in [5.74, 6) is -1.14. The van der Waals surface area contributed by atoms with Gasteiger partial charge in [-0.05, 0) is 159 Å². The van der Waals surface area contributed by atoms with Crippen LogP contribution in [0.15, 0.2) is 59.6 Å². The second-order valence-corrected chi connectivity index (χ2v) is 29.2. The van der Waals surface area contributed by atoms with Gasteiger partial charge in [-0.25, -0.2) is 29.1 Å². The van der Waals surface area contributed by atoms with Crippen LogP contribution in [0.4, 0.5) is 29.2 Å². The third kappa shape index (κ3) is 20.4. The average Bonchev–Trinajstić information content (AvgIpc) is 1.69. The molecule has 472 valence electrons. The minimum Gasteiger partial charge on any atom is -0.481 e. The van der Waals surface area contributed by atoms with Crippen molar-refractivity contribution in [3.8, 4) is 43.9 Å². The number of aliphatic carboxylic acids is 1. The molecule has 0 aliphatic carbocycles. The highest BCUT2D eigenvalue weighted by molar-refractivity contribution is 7.19. The van der Waals surface area contributed by atoms with E-state index in [1.165, 1.54) is 44.5 Å². The van der Waals surface area contributed by atoms with E-state index in [1.54, 1.807) is 59.2 Å². The van der Waals surface area contributed by atoms with E-state index >= 15 is 0 Å². The smallest absolute Gasteiger partial charge is 0.410 e. The normalized spacial score (nSPS) is 13.3. The Morgan fingerprint density at radius 1 is 0.598 bits per heavy atom. The van der Waals surface area contributed by atoms with Gasteiger partial charge in [0.1, 0.15) is 48.8 Å². The molecule has 0 radical (unpaired) electrons. The highest BCUT2D eigenvalue weighted by Gasteiger charge is 2.34. The van der Waals surface area contributed by atoms with Crippen LogP contribution in [-0.4, -0.2) is 142 Å². The number of hydrogen-bond acceptors (Lipinski definition) is 19. The van der Waals surface area contributed by atoms with Gasteiger partial charge in [-0.15, -0.1) is 45.3 Å². The van der Waals surface area contributed by atoms with E-state index in [0.717, 1.165) is 70.7 Å². The Morgan fingerprint density at radius 2 is 1.01 bits per heavy atom. The molecule has 0 saturated carbocycles. The third-order valence-corrected chi connectivity index (χ3v) is 16.5. The Labute approximate surface area is 526 Å². The number of aromatic nitrogens is 4. The lowest BCUT2D eigenvalue weighted by molar-refractivity contribution is -0.137. The molecule has 8 rings (SSSR count). The summed E-state index contributed by atoms with van der Waals surface area (Å²) in [5, 5.41) is 18.8. The fraction of sp³-hybridized carbons (Fsp3) is 0.516. The number of thiazole rings is 2. The number of nitrogens with two attached hydrogens (primary N) is 1. The molecule has 2 aliphatic rings. The number of nitrogens with one attached hydrogen (secondary N) is 1. The van der Waals surface area contributed by atoms with Gasteiger partial charge < -0.3 is 54.7 Å². The predicted octanol–water partition coefficient (Wildman–Crippen LogP) is 14.1. The molecule has 21 nitrogen and oxygen atoms in total. The first-order valence-corrected chi connectivity index (χ1v) is 32.2. The van der Waals surface area contributed by atoms with Gasteiger partial charge in [0.05, 0.1) is 35.9 Å². The van der Waals surface area contributed by atoms with E-state index in [2.05, 4.69) is 15.3 Å². The highest BCUT2D eigenvalue weighted by Crippen LogP contribution is 2.46.